The highest BCUT2D eigenvalue weighted by molar-refractivity contribution is 8.16. The van der Waals surface area contributed by atoms with Crippen molar-refractivity contribution in [2.45, 2.75) is 22.8 Å². The molecule has 0 amide bonds. The summed E-state index contributed by atoms with van der Waals surface area (Å²) in [7, 11) is 0. The molecular formula is C28H28O3S2. The summed E-state index contributed by atoms with van der Waals surface area (Å²) in [5, 5.41) is 9.15. The summed E-state index contributed by atoms with van der Waals surface area (Å²) in [4.78, 5) is 11.2. The predicted octanol–water partition coefficient (Wildman–Crippen LogP) is 7.09. The van der Waals surface area contributed by atoms with Crippen LogP contribution in [0.1, 0.15) is 45.0 Å². The van der Waals surface area contributed by atoms with Crippen molar-refractivity contribution < 1.29 is 14.6 Å². The third-order valence-corrected chi connectivity index (χ3v) is 9.33. The Kier molecular flexibility index (Phi) is 7.51. The van der Waals surface area contributed by atoms with Gasteiger partial charge in [-0.15, -0.1) is 23.5 Å². The zero-order chi connectivity index (χ0) is 23.3. The standard InChI is InChI=1S/C28H28O3S2/c1-32-28(33-2)16-17-31-26-15-14-24(19-25(26)28)23(18-21-6-4-3-5-7-21)13-10-20-8-11-22(12-9-20)27(29)30/h3-15,19,23H,16-18H2,1-2H3,(H,29,30). The summed E-state index contributed by atoms with van der Waals surface area (Å²) in [6, 6.07) is 24.2. The van der Waals surface area contributed by atoms with Gasteiger partial charge in [-0.2, -0.15) is 0 Å². The number of aromatic carboxylic acids is 1. The topological polar surface area (TPSA) is 46.5 Å². The van der Waals surface area contributed by atoms with Crippen molar-refractivity contribution in [2.24, 2.45) is 0 Å². The van der Waals surface area contributed by atoms with Crippen LogP contribution < -0.4 is 4.74 Å². The van der Waals surface area contributed by atoms with E-state index in [4.69, 9.17) is 9.84 Å². The Morgan fingerprint density at radius 3 is 2.45 bits per heavy atom. The van der Waals surface area contributed by atoms with Crippen molar-refractivity contribution in [2.75, 3.05) is 19.1 Å². The minimum absolute atomic E-state index is 0.0112. The molecule has 170 valence electrons. The van der Waals surface area contributed by atoms with E-state index in [0.29, 0.717) is 5.56 Å². The van der Waals surface area contributed by atoms with Gasteiger partial charge in [0.15, 0.2) is 0 Å². The zero-order valence-electron chi connectivity index (χ0n) is 18.9. The summed E-state index contributed by atoms with van der Waals surface area (Å²) in [6.07, 6.45) is 10.6. The highest BCUT2D eigenvalue weighted by atomic mass is 32.2. The summed E-state index contributed by atoms with van der Waals surface area (Å²) in [5.74, 6) is 0.260. The molecule has 1 heterocycles. The maximum absolute atomic E-state index is 11.2. The van der Waals surface area contributed by atoms with Crippen LogP contribution in [0.5, 0.6) is 5.75 Å². The molecule has 0 fully saturated rings. The minimum Gasteiger partial charge on any atom is -0.493 e. The maximum Gasteiger partial charge on any atom is 0.335 e. The van der Waals surface area contributed by atoms with Gasteiger partial charge in [0.25, 0.3) is 0 Å². The Bertz CT molecular complexity index is 1120. The molecule has 0 aliphatic carbocycles. The van der Waals surface area contributed by atoms with Crippen LogP contribution in [0.25, 0.3) is 6.08 Å². The van der Waals surface area contributed by atoms with E-state index >= 15 is 0 Å². The van der Waals surface area contributed by atoms with Crippen LogP contribution in [0.2, 0.25) is 0 Å². The molecule has 3 aromatic carbocycles. The van der Waals surface area contributed by atoms with Crippen molar-refractivity contribution in [3.63, 3.8) is 0 Å². The van der Waals surface area contributed by atoms with Gasteiger partial charge in [-0.1, -0.05) is 60.7 Å². The van der Waals surface area contributed by atoms with Gasteiger partial charge in [-0.25, -0.2) is 4.79 Å². The number of thioether (sulfide) groups is 2. The SMILES string of the molecule is CSC1(SC)CCOc2ccc(C(C=Cc3ccc(C(=O)O)cc3)Cc3ccccc3)cc21. The number of hydrogen-bond acceptors (Lipinski definition) is 4. The second-order valence-electron chi connectivity index (χ2n) is 8.10. The van der Waals surface area contributed by atoms with Gasteiger partial charge in [0.05, 0.1) is 16.2 Å². The number of hydrogen-bond donors (Lipinski definition) is 1. The average molecular weight is 477 g/mol. The van der Waals surface area contributed by atoms with Crippen LogP contribution in [-0.2, 0) is 10.5 Å². The molecule has 0 aromatic heterocycles. The fourth-order valence-corrected chi connectivity index (χ4v) is 6.27. The van der Waals surface area contributed by atoms with Crippen molar-refractivity contribution in [1.82, 2.24) is 0 Å². The van der Waals surface area contributed by atoms with Crippen LogP contribution >= 0.6 is 23.5 Å². The molecule has 3 aromatic rings. The lowest BCUT2D eigenvalue weighted by atomic mass is 9.88. The van der Waals surface area contributed by atoms with Crippen molar-refractivity contribution in [1.29, 1.82) is 0 Å². The molecule has 5 heteroatoms. The summed E-state index contributed by atoms with van der Waals surface area (Å²) in [5.41, 5.74) is 5.09. The van der Waals surface area contributed by atoms with E-state index in [-0.39, 0.29) is 10.00 Å². The van der Waals surface area contributed by atoms with Gasteiger partial charge >= 0.3 is 5.97 Å². The molecule has 4 rings (SSSR count). The van der Waals surface area contributed by atoms with Crippen LogP contribution in [0.4, 0.5) is 0 Å². The van der Waals surface area contributed by atoms with Crippen LogP contribution in [0.3, 0.4) is 0 Å². The largest absolute Gasteiger partial charge is 0.493 e. The molecule has 0 radical (unpaired) electrons. The predicted molar refractivity (Wildman–Crippen MR) is 141 cm³/mol. The first-order valence-corrected chi connectivity index (χ1v) is 13.4. The minimum atomic E-state index is -0.908. The Morgan fingerprint density at radius 2 is 1.79 bits per heavy atom. The van der Waals surface area contributed by atoms with Crippen molar-refractivity contribution in [3.8, 4) is 5.75 Å². The van der Waals surface area contributed by atoms with Crippen molar-refractivity contribution in [3.05, 3.63) is 107 Å². The van der Waals surface area contributed by atoms with E-state index in [0.717, 1.165) is 30.8 Å². The highest BCUT2D eigenvalue weighted by Crippen LogP contribution is 2.53. The molecule has 0 spiro atoms. The quantitative estimate of drug-likeness (QED) is 0.352. The third kappa shape index (κ3) is 5.31. The lowest BCUT2D eigenvalue weighted by Gasteiger charge is -2.36. The number of carboxylic acid groups (broad SMARTS) is 1. The van der Waals surface area contributed by atoms with E-state index in [9.17, 15) is 4.79 Å². The number of fused-ring (bicyclic) bond motifs is 1. The lowest BCUT2D eigenvalue weighted by molar-refractivity contribution is 0.0697. The molecule has 3 nitrogen and oxygen atoms in total. The normalized spacial score (nSPS) is 15.6. The fraction of sp³-hybridized carbons (Fsp3) is 0.250. The smallest absolute Gasteiger partial charge is 0.335 e. The first-order valence-electron chi connectivity index (χ1n) is 11.0. The number of carboxylic acids is 1. The zero-order valence-corrected chi connectivity index (χ0v) is 20.5. The molecule has 0 bridgehead atoms. The van der Waals surface area contributed by atoms with E-state index < -0.39 is 5.97 Å². The molecule has 0 saturated heterocycles. The summed E-state index contributed by atoms with van der Waals surface area (Å²) < 4.78 is 6.01. The van der Waals surface area contributed by atoms with Gasteiger partial charge < -0.3 is 9.84 Å². The molecule has 1 N–H and O–H groups in total. The number of carbonyl (C=O) groups is 1. The Hall–Kier alpha value is -2.63. The van der Waals surface area contributed by atoms with Crippen molar-refractivity contribution >= 4 is 35.6 Å². The lowest BCUT2D eigenvalue weighted by Crippen LogP contribution is -2.26. The summed E-state index contributed by atoms with van der Waals surface area (Å²) in [6.45, 7) is 0.744. The number of allylic oxidation sites excluding steroid dienone is 1. The second-order valence-corrected chi connectivity index (χ2v) is 10.6. The highest BCUT2D eigenvalue weighted by Gasteiger charge is 2.37. The molecule has 0 saturated carbocycles. The number of rotatable bonds is 8. The maximum atomic E-state index is 11.2. The first kappa shape index (κ1) is 23.5. The molecule has 33 heavy (non-hydrogen) atoms. The van der Waals surface area contributed by atoms with Crippen LogP contribution in [-0.4, -0.2) is 30.2 Å². The Balaban J connectivity index is 1.70. The fourth-order valence-electron chi connectivity index (χ4n) is 4.27. The molecule has 1 unspecified atom stereocenters. The third-order valence-electron chi connectivity index (χ3n) is 6.17. The summed E-state index contributed by atoms with van der Waals surface area (Å²) >= 11 is 3.78. The molecule has 1 atom stereocenters. The van der Waals surface area contributed by atoms with Crippen LogP contribution in [0.15, 0.2) is 78.9 Å². The van der Waals surface area contributed by atoms with Gasteiger partial charge in [0.1, 0.15) is 5.75 Å². The van der Waals surface area contributed by atoms with E-state index in [1.54, 1.807) is 12.1 Å². The van der Waals surface area contributed by atoms with Gasteiger partial charge in [-0.05, 0) is 59.9 Å². The monoisotopic (exact) mass is 476 g/mol. The van der Waals surface area contributed by atoms with E-state index in [1.807, 2.05) is 41.7 Å². The van der Waals surface area contributed by atoms with Gasteiger partial charge in [0.2, 0.25) is 0 Å². The first-order chi connectivity index (χ1) is 16.0. The molecular weight excluding hydrogens is 448 g/mol. The Morgan fingerprint density at radius 1 is 1.06 bits per heavy atom. The molecule has 1 aliphatic heterocycles. The molecule has 1 aliphatic rings. The second kappa shape index (κ2) is 10.5. The van der Waals surface area contributed by atoms with Crippen LogP contribution in [0, 0.1) is 0 Å². The van der Waals surface area contributed by atoms with Gasteiger partial charge in [-0.3, -0.25) is 0 Å². The number of ether oxygens (including phenoxy) is 1. The van der Waals surface area contributed by atoms with E-state index in [1.165, 1.54) is 16.7 Å². The average Bonchev–Trinajstić information content (AvgIpc) is 2.86. The number of benzene rings is 3. The Labute approximate surface area is 204 Å². The van der Waals surface area contributed by atoms with Gasteiger partial charge in [0, 0.05) is 17.9 Å². The van der Waals surface area contributed by atoms with E-state index in [2.05, 4.69) is 67.1 Å².